The Morgan fingerprint density at radius 2 is 1.95 bits per heavy atom. The summed E-state index contributed by atoms with van der Waals surface area (Å²) in [6.07, 6.45) is 5.42. The van der Waals surface area contributed by atoms with Gasteiger partial charge in [-0.1, -0.05) is 0 Å². The Labute approximate surface area is 123 Å². The van der Waals surface area contributed by atoms with Gasteiger partial charge in [-0.2, -0.15) is 0 Å². The minimum atomic E-state index is -0.127. The molecule has 5 nitrogen and oxygen atoms in total. The van der Waals surface area contributed by atoms with Crippen molar-refractivity contribution in [2.24, 2.45) is 5.92 Å². The summed E-state index contributed by atoms with van der Waals surface area (Å²) in [4.78, 5) is 14.2. The molecule has 0 bridgehead atoms. The van der Waals surface area contributed by atoms with Crippen LogP contribution >= 0.6 is 0 Å². The van der Waals surface area contributed by atoms with E-state index < -0.39 is 0 Å². The maximum absolute atomic E-state index is 11.8. The fourth-order valence-corrected chi connectivity index (χ4v) is 2.70. The smallest absolute Gasteiger partial charge is 0.286 e. The first-order valence-corrected chi connectivity index (χ1v) is 7.37. The summed E-state index contributed by atoms with van der Waals surface area (Å²) < 4.78 is 10.5. The number of piperidine rings is 1. The minimum Gasteiger partial charge on any atom is -0.468 e. The molecule has 3 rings (SSSR count). The van der Waals surface area contributed by atoms with Crippen molar-refractivity contribution >= 4 is 5.91 Å². The first-order valence-electron chi connectivity index (χ1n) is 7.37. The van der Waals surface area contributed by atoms with Crippen LogP contribution in [0.2, 0.25) is 0 Å². The highest BCUT2D eigenvalue weighted by molar-refractivity contribution is 5.91. The van der Waals surface area contributed by atoms with Crippen molar-refractivity contribution in [1.82, 2.24) is 10.2 Å². The molecule has 0 aromatic carbocycles. The molecule has 0 atom stereocenters. The number of nitrogens with zero attached hydrogens (tertiary/aromatic N) is 1. The second-order valence-corrected chi connectivity index (χ2v) is 5.49. The van der Waals surface area contributed by atoms with Gasteiger partial charge in [-0.15, -0.1) is 0 Å². The van der Waals surface area contributed by atoms with Gasteiger partial charge in [-0.3, -0.25) is 9.69 Å². The van der Waals surface area contributed by atoms with Crippen LogP contribution in [0.3, 0.4) is 0 Å². The molecule has 0 saturated carbocycles. The number of likely N-dealkylation sites (tertiary alicyclic amines) is 1. The van der Waals surface area contributed by atoms with Crippen molar-refractivity contribution in [1.29, 1.82) is 0 Å². The fraction of sp³-hybridized carbons (Fsp3) is 0.438. The van der Waals surface area contributed by atoms with Gasteiger partial charge in [0.05, 0.1) is 19.1 Å². The quantitative estimate of drug-likeness (QED) is 0.918. The molecule has 1 aliphatic rings. The van der Waals surface area contributed by atoms with Crippen LogP contribution in [0.15, 0.2) is 45.6 Å². The third kappa shape index (κ3) is 3.76. The summed E-state index contributed by atoms with van der Waals surface area (Å²) in [6, 6.07) is 7.34. The molecule has 0 spiro atoms. The first-order chi connectivity index (χ1) is 10.3. The van der Waals surface area contributed by atoms with E-state index in [1.54, 1.807) is 18.4 Å². The van der Waals surface area contributed by atoms with Crippen molar-refractivity contribution in [3.63, 3.8) is 0 Å². The minimum absolute atomic E-state index is 0.127. The molecule has 1 saturated heterocycles. The van der Waals surface area contributed by atoms with Gasteiger partial charge in [0.25, 0.3) is 5.91 Å². The van der Waals surface area contributed by atoms with Crippen molar-refractivity contribution < 1.29 is 13.6 Å². The van der Waals surface area contributed by atoms with Gasteiger partial charge < -0.3 is 14.2 Å². The van der Waals surface area contributed by atoms with Gasteiger partial charge in [0, 0.05) is 6.54 Å². The van der Waals surface area contributed by atoms with Gasteiger partial charge in [0.15, 0.2) is 5.76 Å². The molecule has 5 heteroatoms. The van der Waals surface area contributed by atoms with Crippen LogP contribution in [0.1, 0.15) is 29.2 Å². The predicted octanol–water partition coefficient (Wildman–Crippen LogP) is 2.51. The molecule has 0 aliphatic carbocycles. The van der Waals surface area contributed by atoms with Gasteiger partial charge in [-0.25, -0.2) is 0 Å². The zero-order valence-corrected chi connectivity index (χ0v) is 12.0. The standard InChI is InChI=1S/C16H20N2O3/c19-16(15-4-2-10-21-15)17-11-13-5-7-18(8-6-13)12-14-3-1-9-20-14/h1-4,9-10,13H,5-8,11-12H2,(H,17,19). The Morgan fingerprint density at radius 3 is 2.62 bits per heavy atom. The number of rotatable bonds is 5. The Morgan fingerprint density at radius 1 is 1.19 bits per heavy atom. The summed E-state index contributed by atoms with van der Waals surface area (Å²) in [5.41, 5.74) is 0. The van der Waals surface area contributed by atoms with Crippen LogP contribution < -0.4 is 5.32 Å². The average molecular weight is 288 g/mol. The summed E-state index contributed by atoms with van der Waals surface area (Å²) in [7, 11) is 0. The highest BCUT2D eigenvalue weighted by Gasteiger charge is 2.20. The first kappa shape index (κ1) is 13.9. The Kier molecular flexibility index (Phi) is 4.40. The van der Waals surface area contributed by atoms with E-state index in [0.717, 1.165) is 38.2 Å². The normalized spacial score (nSPS) is 17.0. The molecule has 1 fully saturated rings. The molecule has 2 aromatic heterocycles. The number of hydrogen-bond donors (Lipinski definition) is 1. The van der Waals surface area contributed by atoms with Gasteiger partial charge in [0.1, 0.15) is 5.76 Å². The number of amides is 1. The van der Waals surface area contributed by atoms with Gasteiger partial charge in [-0.05, 0) is 56.1 Å². The largest absolute Gasteiger partial charge is 0.468 e. The second-order valence-electron chi connectivity index (χ2n) is 5.49. The molecule has 2 aromatic rings. The van der Waals surface area contributed by atoms with Gasteiger partial charge in [0.2, 0.25) is 0 Å². The molecule has 0 unspecified atom stereocenters. The topological polar surface area (TPSA) is 58.6 Å². The maximum Gasteiger partial charge on any atom is 0.286 e. The molecule has 1 aliphatic heterocycles. The van der Waals surface area contributed by atoms with Crippen molar-refractivity contribution in [3.8, 4) is 0 Å². The molecule has 3 heterocycles. The number of carbonyl (C=O) groups excluding carboxylic acids is 1. The molecule has 21 heavy (non-hydrogen) atoms. The molecule has 1 amide bonds. The van der Waals surface area contributed by atoms with E-state index in [1.807, 2.05) is 12.1 Å². The van der Waals surface area contributed by atoms with E-state index >= 15 is 0 Å². The average Bonchev–Trinajstić information content (AvgIpc) is 3.19. The van der Waals surface area contributed by atoms with Crippen LogP contribution in [0, 0.1) is 5.92 Å². The van der Waals surface area contributed by atoms with Crippen molar-refractivity contribution in [3.05, 3.63) is 48.3 Å². The van der Waals surface area contributed by atoms with E-state index in [9.17, 15) is 4.79 Å². The van der Waals surface area contributed by atoms with Crippen LogP contribution in [0.25, 0.3) is 0 Å². The third-order valence-corrected chi connectivity index (χ3v) is 3.96. The SMILES string of the molecule is O=C(NCC1CCN(Cc2ccco2)CC1)c1ccco1. The molecular formula is C16H20N2O3. The lowest BCUT2D eigenvalue weighted by atomic mass is 9.96. The number of nitrogens with one attached hydrogen (secondary N) is 1. The maximum atomic E-state index is 11.8. The lowest BCUT2D eigenvalue weighted by Crippen LogP contribution is -2.38. The fourth-order valence-electron chi connectivity index (χ4n) is 2.70. The number of furan rings is 2. The van der Waals surface area contributed by atoms with Gasteiger partial charge >= 0.3 is 0 Å². The Balaban J connectivity index is 1.39. The van der Waals surface area contributed by atoms with Crippen LogP contribution in [-0.4, -0.2) is 30.4 Å². The highest BCUT2D eigenvalue weighted by Crippen LogP contribution is 2.18. The van der Waals surface area contributed by atoms with Crippen LogP contribution in [0.5, 0.6) is 0 Å². The molecular weight excluding hydrogens is 268 g/mol. The van der Waals surface area contributed by atoms with Crippen LogP contribution in [-0.2, 0) is 6.54 Å². The third-order valence-electron chi connectivity index (χ3n) is 3.96. The molecule has 1 N–H and O–H groups in total. The summed E-state index contributed by atoms with van der Waals surface area (Å²) in [6.45, 7) is 3.68. The molecule has 112 valence electrons. The number of carbonyl (C=O) groups is 1. The Hall–Kier alpha value is -2.01. The van der Waals surface area contributed by atoms with E-state index in [4.69, 9.17) is 8.83 Å². The Bertz CT molecular complexity index is 540. The van der Waals surface area contributed by atoms with E-state index in [2.05, 4.69) is 10.2 Å². The second kappa shape index (κ2) is 6.63. The van der Waals surface area contributed by atoms with E-state index in [-0.39, 0.29) is 5.91 Å². The number of hydrogen-bond acceptors (Lipinski definition) is 4. The zero-order valence-electron chi connectivity index (χ0n) is 12.0. The van der Waals surface area contributed by atoms with E-state index in [0.29, 0.717) is 18.2 Å². The van der Waals surface area contributed by atoms with Crippen molar-refractivity contribution in [2.75, 3.05) is 19.6 Å². The van der Waals surface area contributed by atoms with Crippen LogP contribution in [0.4, 0.5) is 0 Å². The van der Waals surface area contributed by atoms with E-state index in [1.165, 1.54) is 6.26 Å². The summed E-state index contributed by atoms with van der Waals surface area (Å²) in [5.74, 6) is 1.81. The lowest BCUT2D eigenvalue weighted by Gasteiger charge is -2.31. The zero-order chi connectivity index (χ0) is 14.5. The summed E-state index contributed by atoms with van der Waals surface area (Å²) >= 11 is 0. The molecule has 0 radical (unpaired) electrons. The monoisotopic (exact) mass is 288 g/mol. The predicted molar refractivity (Wildman–Crippen MR) is 77.8 cm³/mol. The lowest BCUT2D eigenvalue weighted by molar-refractivity contribution is 0.0906. The van der Waals surface area contributed by atoms with Crippen molar-refractivity contribution in [2.45, 2.75) is 19.4 Å². The highest BCUT2D eigenvalue weighted by atomic mass is 16.3. The summed E-state index contributed by atoms with van der Waals surface area (Å²) in [5, 5.41) is 2.95.